The van der Waals surface area contributed by atoms with Gasteiger partial charge >= 0.3 is 64.8 Å². The number of benzene rings is 5. The minimum Gasteiger partial charge on any atom is -0.870 e. The first-order valence-corrected chi connectivity index (χ1v) is 16.8. The number of aromatic hydroxyl groups is 5. The number of rotatable bonds is 4. The molecule has 0 saturated heterocycles. The Morgan fingerprint density at radius 2 is 1.07 bits per heavy atom. The van der Waals surface area contributed by atoms with Crippen molar-refractivity contribution in [2.24, 2.45) is 15.6 Å². The van der Waals surface area contributed by atoms with Crippen LogP contribution in [0.5, 0.6) is 28.7 Å². The van der Waals surface area contributed by atoms with E-state index in [2.05, 4.69) is 29.1 Å². The molecular weight excluding hydrogens is 750 g/mol. The molecular formula is C41H51N6Na2O8+. The summed E-state index contributed by atoms with van der Waals surface area (Å²) in [5, 5.41) is 72.7. The quantitative estimate of drug-likeness (QED) is 0.0248. The van der Waals surface area contributed by atoms with Crippen molar-refractivity contribution in [1.29, 1.82) is 5.39 Å². The molecule has 5 aromatic rings. The van der Waals surface area contributed by atoms with Crippen LogP contribution in [0.3, 0.4) is 0 Å². The van der Waals surface area contributed by atoms with Crippen LogP contribution in [0.4, 0.5) is 22.7 Å². The average Bonchev–Trinajstić information content (AvgIpc) is 3.10. The average molecular weight is 802 g/mol. The van der Waals surface area contributed by atoms with E-state index in [0.29, 0.717) is 45.8 Å². The van der Waals surface area contributed by atoms with Crippen LogP contribution in [0.25, 0.3) is 4.98 Å². The molecule has 0 bridgehead atoms. The predicted molar refractivity (Wildman–Crippen MR) is 217 cm³/mol. The second kappa shape index (κ2) is 28.6. The summed E-state index contributed by atoms with van der Waals surface area (Å²) in [6, 6.07) is 24.1. The fourth-order valence-corrected chi connectivity index (χ4v) is 4.60. The Labute approximate surface area is 378 Å². The van der Waals surface area contributed by atoms with Gasteiger partial charge in [0, 0.05) is 17.8 Å². The van der Waals surface area contributed by atoms with Crippen LogP contribution in [0.15, 0.2) is 100 Å². The first kappa shape index (κ1) is 56.6. The van der Waals surface area contributed by atoms with Gasteiger partial charge in [0.05, 0.1) is 11.4 Å². The standard InChI is InChI=1S/C17H20N2O2.C10H14O.C7H6N2O.C7H9NO.HNO2.2Na.H2O/c1-10(2)14-9-15(11(3)8-17(14)21)19-18-13-5-6-16(20)12(4)7-13;1-7(2)9-5-4-8(3)6-10(9)11;1-5-4-6(9-8)2-3-7(5)10;1-5-4-6(8)2-3-7(5)9;2-1-3;;;/h5-10,20-21H,1-4H3;4-7,11H,1-3H3;2-4H,1H3;2-4,9H,8H2,1H3;(H,2,3);;;1H2/q;;;;;2*+1;/p-1. The molecule has 14 nitrogen and oxygen atoms in total. The molecule has 0 spiro atoms. The number of hydrogen-bond donors (Lipinski definition) is 6. The molecule has 57 heavy (non-hydrogen) atoms. The van der Waals surface area contributed by atoms with E-state index >= 15 is 0 Å². The number of nitrogen functional groups attached to an aromatic ring is 1. The molecule has 0 heterocycles. The molecule has 8 N–H and O–H groups in total. The number of azo groups is 1. The third kappa shape index (κ3) is 20.3. The maximum atomic E-state index is 9.94. The van der Waals surface area contributed by atoms with Crippen LogP contribution < -0.4 is 64.8 Å². The summed E-state index contributed by atoms with van der Waals surface area (Å²) in [5.41, 5.74) is 14.1. The fraction of sp³-hybridized carbons (Fsp3) is 0.268. The normalized spacial score (nSPS) is 9.51. The SMILES string of the molecule is Cc1cc(N)ccc1O.Cc1cc(N=Nc2cc(C(C)C)c(O)cc2C)ccc1O.Cc1cc([N+]#N)ccc1O.Cc1ccc(C(C)C)c(O)c1.O=N[O-].[Na+].[Na+].[OH-]. The summed E-state index contributed by atoms with van der Waals surface area (Å²) < 4.78 is 0. The minimum atomic E-state index is 0. The van der Waals surface area contributed by atoms with Crippen molar-refractivity contribution in [2.45, 2.75) is 74.1 Å². The largest absolute Gasteiger partial charge is 1.00 e. The van der Waals surface area contributed by atoms with E-state index in [-0.39, 0.29) is 82.0 Å². The molecule has 0 aliphatic rings. The van der Waals surface area contributed by atoms with Gasteiger partial charge in [-0.1, -0.05) is 39.8 Å². The summed E-state index contributed by atoms with van der Waals surface area (Å²) >= 11 is 0. The summed E-state index contributed by atoms with van der Waals surface area (Å²) in [7, 11) is 0. The Morgan fingerprint density at radius 1 is 0.596 bits per heavy atom. The summed E-state index contributed by atoms with van der Waals surface area (Å²) in [5.74, 6) is 2.08. The van der Waals surface area contributed by atoms with Gasteiger partial charge in [0.2, 0.25) is 5.39 Å². The number of hydrogen-bond acceptors (Lipinski definition) is 13. The Bertz CT molecular complexity index is 2070. The molecule has 294 valence electrons. The molecule has 0 aliphatic heterocycles. The zero-order valence-corrected chi connectivity index (χ0v) is 38.6. The van der Waals surface area contributed by atoms with Gasteiger partial charge in [0.1, 0.15) is 28.7 Å². The Kier molecular flexibility index (Phi) is 28.4. The molecule has 0 aliphatic carbocycles. The molecule has 0 unspecified atom stereocenters. The maximum absolute atomic E-state index is 9.94. The fourth-order valence-electron chi connectivity index (χ4n) is 4.60. The van der Waals surface area contributed by atoms with Gasteiger partial charge in [-0.2, -0.15) is 10.2 Å². The maximum Gasteiger partial charge on any atom is 1.00 e. The minimum absolute atomic E-state index is 0. The molecule has 0 saturated carbocycles. The zero-order valence-electron chi connectivity index (χ0n) is 34.6. The van der Waals surface area contributed by atoms with Gasteiger partial charge in [0.25, 0.3) is 0 Å². The Morgan fingerprint density at radius 3 is 1.51 bits per heavy atom. The molecule has 0 aromatic heterocycles. The van der Waals surface area contributed by atoms with Crippen molar-refractivity contribution in [2.75, 3.05) is 5.73 Å². The summed E-state index contributed by atoms with van der Waals surface area (Å²) in [6.07, 6.45) is 0. The van der Waals surface area contributed by atoms with Crippen LogP contribution in [-0.4, -0.2) is 31.0 Å². The van der Waals surface area contributed by atoms with Gasteiger partial charge in [-0.15, -0.1) is 5.34 Å². The van der Waals surface area contributed by atoms with Crippen molar-refractivity contribution in [3.63, 3.8) is 0 Å². The first-order chi connectivity index (χ1) is 25.3. The smallest absolute Gasteiger partial charge is 0.870 e. The van der Waals surface area contributed by atoms with Gasteiger partial charge in [-0.25, -0.2) is 0 Å². The van der Waals surface area contributed by atoms with Crippen molar-refractivity contribution in [3.8, 4) is 28.7 Å². The van der Waals surface area contributed by atoms with Crippen molar-refractivity contribution in [1.82, 2.24) is 0 Å². The molecule has 5 aromatic carbocycles. The molecule has 16 heteroatoms. The number of anilines is 1. The van der Waals surface area contributed by atoms with E-state index in [1.165, 1.54) is 12.1 Å². The van der Waals surface area contributed by atoms with E-state index in [4.69, 9.17) is 31.5 Å². The van der Waals surface area contributed by atoms with Gasteiger partial charge in [0.15, 0.2) is 4.98 Å². The van der Waals surface area contributed by atoms with Gasteiger partial charge in [-0.05, 0) is 146 Å². The number of aryl methyl sites for hydroxylation is 5. The van der Waals surface area contributed by atoms with Crippen LogP contribution in [-0.2, 0) is 0 Å². The molecule has 0 atom stereocenters. The van der Waals surface area contributed by atoms with Gasteiger partial charge in [-0.3, -0.25) is 0 Å². The monoisotopic (exact) mass is 801 g/mol. The van der Waals surface area contributed by atoms with E-state index in [1.807, 2.05) is 59.7 Å². The van der Waals surface area contributed by atoms with Crippen molar-refractivity contribution >= 4 is 22.7 Å². The number of phenols is 5. The Balaban J connectivity index is -0.000000695. The number of nitrogens with zero attached hydrogens (tertiary/aromatic N) is 5. The molecule has 0 amide bonds. The van der Waals surface area contributed by atoms with Crippen LogP contribution in [0, 0.1) is 50.1 Å². The summed E-state index contributed by atoms with van der Waals surface area (Å²) in [6.45, 7) is 17.4. The molecule has 5 rings (SSSR count). The predicted octanol–water partition coefficient (Wildman–Crippen LogP) is 5.63. The summed E-state index contributed by atoms with van der Waals surface area (Å²) in [4.78, 5) is 11.0. The molecule has 0 fully saturated rings. The molecule has 0 radical (unpaired) electrons. The second-order valence-electron chi connectivity index (χ2n) is 12.9. The van der Waals surface area contributed by atoms with Crippen LogP contribution in [0.2, 0.25) is 0 Å². The second-order valence-corrected chi connectivity index (χ2v) is 12.9. The number of phenolic OH excluding ortho intramolecular Hbond substituents is 5. The number of nitrogens with two attached hydrogens (primary N) is 1. The topological polar surface area (TPSA) is 263 Å². The van der Waals surface area contributed by atoms with Crippen molar-refractivity contribution in [3.05, 3.63) is 139 Å². The Hall–Kier alpha value is -4.72. The first-order valence-electron chi connectivity index (χ1n) is 16.8. The van der Waals surface area contributed by atoms with Crippen LogP contribution in [0.1, 0.15) is 78.5 Å². The third-order valence-corrected chi connectivity index (χ3v) is 7.75. The van der Waals surface area contributed by atoms with E-state index in [0.717, 1.165) is 44.4 Å². The third-order valence-electron chi connectivity index (χ3n) is 7.75. The van der Waals surface area contributed by atoms with Crippen molar-refractivity contribution < 1.29 is 90.1 Å². The van der Waals surface area contributed by atoms with E-state index in [9.17, 15) is 15.3 Å². The zero-order chi connectivity index (χ0) is 41.1. The van der Waals surface area contributed by atoms with Gasteiger partial charge < -0.3 is 46.9 Å². The van der Waals surface area contributed by atoms with Crippen LogP contribution >= 0.6 is 0 Å². The number of diazo groups is 1. The van der Waals surface area contributed by atoms with E-state index < -0.39 is 0 Å². The van der Waals surface area contributed by atoms with E-state index in [1.54, 1.807) is 61.5 Å².